The average molecular weight is 1460 g/mol. The highest BCUT2D eigenvalue weighted by molar-refractivity contribution is 7.99. The number of amides is 6. The van der Waals surface area contributed by atoms with Crippen LogP contribution in [0.2, 0.25) is 0 Å². The Morgan fingerprint density at radius 2 is 1.17 bits per heavy atom. The van der Waals surface area contributed by atoms with Crippen LogP contribution >= 0.6 is 35.3 Å². The van der Waals surface area contributed by atoms with E-state index in [1.54, 1.807) is 35.2 Å². The highest BCUT2D eigenvalue weighted by Gasteiger charge is 2.45. The maximum absolute atomic E-state index is 14.9. The number of hydrogen-bond acceptors (Lipinski definition) is 21. The summed E-state index contributed by atoms with van der Waals surface area (Å²) in [6.07, 6.45) is 1.26. The van der Waals surface area contributed by atoms with Crippen LogP contribution in [0.15, 0.2) is 48.5 Å². The van der Waals surface area contributed by atoms with E-state index in [4.69, 9.17) is 5.73 Å². The Morgan fingerprint density at radius 1 is 0.620 bits per heavy atom. The molecule has 0 spiro atoms. The van der Waals surface area contributed by atoms with E-state index in [1.165, 1.54) is 52.0 Å². The molecule has 3 aliphatic rings. The molecule has 2 saturated heterocycles. The molecule has 6 amide bonds. The second-order valence-corrected chi connectivity index (χ2v) is 28.8. The van der Waals surface area contributed by atoms with Crippen molar-refractivity contribution in [2.75, 3.05) is 89.3 Å². The fourth-order valence-corrected chi connectivity index (χ4v) is 15.3. The molecule has 0 aliphatic carbocycles. The summed E-state index contributed by atoms with van der Waals surface area (Å²) in [5.74, 6) is -12.3. The Bertz CT molecular complexity index is 3090. The van der Waals surface area contributed by atoms with Crippen LogP contribution in [0.4, 0.5) is 0 Å². The number of carbonyl (C=O) groups is 14. The molecule has 8 atom stereocenters. The molecule has 29 nitrogen and oxygen atoms in total. The van der Waals surface area contributed by atoms with E-state index in [0.29, 0.717) is 48.5 Å². The standard InChI is InChI=1S/C68H97N9O20S3/c1-3-4-6-14-50(79)31-48-41-99-39-46-27-45(38-98-26-11-15-51(80)33-73(22-24-74(34-58(83)84)35-59(85)86)23-25-75(36-60(87)88)37-61(89)90)28-47(29-46)40-100-42-49(68(96)97)32-56(81)53(30-44-12-7-5-8-13-44)71-63(91)52(18-19-57(69)82)70-65(93)62(43(2)78)72-64(92)54-16-9-20-76(54)67(95)55-17-10-21-77(55)66(48)94/h5,7-8,12-13,27-29,43,48-49,52-55,62,78H,3-4,6,9-11,14-26,30-42H2,1-2H3,(H2,69,82)(H,70,93)(H,71,91)(H,72,92)(H,83,84)(H,85,86)(H,87,88)(H,89,90)(H,96,97)/t43-,48+,49+,52+,53+,54+,55+,62+/m1/s1. The first kappa shape index (κ1) is 83.2. The van der Waals surface area contributed by atoms with Crippen LogP contribution in [-0.2, 0) is 90.8 Å². The maximum Gasteiger partial charge on any atom is 0.317 e. The van der Waals surface area contributed by atoms with Gasteiger partial charge in [0.15, 0.2) is 5.78 Å². The van der Waals surface area contributed by atoms with Gasteiger partial charge in [-0.15, -0.1) is 0 Å². The fourth-order valence-electron chi connectivity index (χ4n) is 12.3. The van der Waals surface area contributed by atoms with Crippen molar-refractivity contribution in [2.24, 2.45) is 17.6 Å². The lowest BCUT2D eigenvalue weighted by molar-refractivity contribution is -0.148. The zero-order chi connectivity index (χ0) is 73.4. The molecule has 5 rings (SSSR count). The number of aliphatic carboxylic acids is 5. The second kappa shape index (κ2) is 43.3. The molecule has 32 heteroatoms. The lowest BCUT2D eigenvalue weighted by Gasteiger charge is -2.33. The number of thioether (sulfide) groups is 3. The molecule has 0 saturated carbocycles. The predicted molar refractivity (Wildman–Crippen MR) is 373 cm³/mol. The largest absolute Gasteiger partial charge is 0.481 e. The van der Waals surface area contributed by atoms with Gasteiger partial charge in [-0.05, 0) is 86.3 Å². The van der Waals surface area contributed by atoms with Crippen LogP contribution in [0.3, 0.4) is 0 Å². The first-order valence-electron chi connectivity index (χ1n) is 33.8. The number of carbonyl (C=O) groups excluding carboxylic acids is 9. The molecule has 2 aromatic rings. The third-order valence-electron chi connectivity index (χ3n) is 17.3. The smallest absolute Gasteiger partial charge is 0.317 e. The number of aliphatic hydroxyl groups is 1. The monoisotopic (exact) mass is 1460 g/mol. The lowest BCUT2D eigenvalue weighted by Crippen LogP contribution is -2.61. The molecular formula is C68H97N9O20S3. The van der Waals surface area contributed by atoms with Crippen molar-refractivity contribution in [1.82, 2.24) is 40.4 Å². The topological polar surface area (TPSA) is 439 Å². The molecule has 0 aromatic heterocycles. The number of unbranched alkanes of at least 4 members (excludes halogenated alkanes) is 2. The van der Waals surface area contributed by atoms with Crippen molar-refractivity contribution in [2.45, 2.75) is 164 Å². The Kier molecular flexibility index (Phi) is 36.1. The summed E-state index contributed by atoms with van der Waals surface area (Å²) in [6.45, 7) is 0.817. The van der Waals surface area contributed by atoms with Crippen molar-refractivity contribution in [1.29, 1.82) is 0 Å². The number of benzene rings is 2. The third kappa shape index (κ3) is 29.6. The normalized spacial score (nSPS) is 21.3. The SMILES string of the molecule is CCCCCC(=O)C[C@H]1CSCc2cc(CSCCCC(=O)CN(CCN(CC(=O)O)CC(=O)O)CCN(CC(=O)O)CC(=O)O)cc(c2)CSC[C@@H](C(=O)O)CC(=O)[C@H](Cc2ccccc2)NC(=O)[C@H](CCC(N)=O)NC(=O)[C@H]([C@@H](C)O)NC(=O)[C@@H]2CCCN2C(=O)[C@@H]2CCCN2C1=O. The Balaban J connectivity index is 1.45. The van der Waals surface area contributed by atoms with E-state index in [9.17, 15) is 97.8 Å². The van der Waals surface area contributed by atoms with Crippen LogP contribution in [0, 0.1) is 11.8 Å². The third-order valence-corrected chi connectivity index (χ3v) is 20.8. The Labute approximate surface area is 594 Å². The number of aliphatic hydroxyl groups excluding tert-OH is 1. The Morgan fingerprint density at radius 3 is 1.73 bits per heavy atom. The van der Waals surface area contributed by atoms with Gasteiger partial charge >= 0.3 is 29.8 Å². The highest BCUT2D eigenvalue weighted by Crippen LogP contribution is 2.31. The van der Waals surface area contributed by atoms with Gasteiger partial charge in [0.25, 0.3) is 0 Å². The number of ketones is 3. The minimum absolute atomic E-state index is 0.00246. The Hall–Kier alpha value is -7.49. The number of hydrogen-bond donors (Lipinski definition) is 10. The van der Waals surface area contributed by atoms with Gasteiger partial charge in [-0.25, -0.2) is 0 Å². The first-order chi connectivity index (χ1) is 47.6. The van der Waals surface area contributed by atoms with Gasteiger partial charge in [0.2, 0.25) is 35.4 Å². The molecule has 3 aliphatic heterocycles. The number of nitrogens with one attached hydrogen (secondary N) is 3. The molecule has 0 unspecified atom stereocenters. The number of rotatable bonds is 35. The number of Topliss-reactive ketones (excluding diaryl/α,β-unsaturated/α-hetero) is 3. The van der Waals surface area contributed by atoms with E-state index >= 15 is 0 Å². The predicted octanol–water partition coefficient (Wildman–Crippen LogP) is 2.13. The van der Waals surface area contributed by atoms with Gasteiger partial charge in [0.1, 0.15) is 35.7 Å². The molecule has 100 heavy (non-hydrogen) atoms. The van der Waals surface area contributed by atoms with Crippen LogP contribution in [0.25, 0.3) is 0 Å². The zero-order valence-corrected chi connectivity index (χ0v) is 59.3. The summed E-state index contributed by atoms with van der Waals surface area (Å²) in [7, 11) is 0. The van der Waals surface area contributed by atoms with Gasteiger partial charge in [0.05, 0.1) is 56.7 Å². The zero-order valence-electron chi connectivity index (χ0n) is 56.8. The van der Waals surface area contributed by atoms with E-state index in [2.05, 4.69) is 16.0 Å². The van der Waals surface area contributed by atoms with Crippen LogP contribution in [0.1, 0.15) is 126 Å². The number of carboxylic acids is 5. The summed E-state index contributed by atoms with van der Waals surface area (Å²) >= 11 is 4.19. The summed E-state index contributed by atoms with van der Waals surface area (Å²) in [5, 5.41) is 67.0. The number of nitrogens with zero attached hydrogens (tertiary/aromatic N) is 5. The molecule has 2 bridgehead atoms. The van der Waals surface area contributed by atoms with Gasteiger partial charge in [0, 0.05) is 100 Å². The fraction of sp³-hybridized carbons (Fsp3) is 0.618. The number of carboxylic acid groups (broad SMARTS) is 5. The lowest BCUT2D eigenvalue weighted by atomic mass is 9.95. The van der Waals surface area contributed by atoms with Gasteiger partial charge < -0.3 is 62.1 Å². The average Bonchev–Trinajstić information content (AvgIpc) is 1.63. The molecule has 0 radical (unpaired) electrons. The van der Waals surface area contributed by atoms with Crippen LogP contribution in [-0.4, -0.2) is 263 Å². The summed E-state index contributed by atoms with van der Waals surface area (Å²) in [6, 6.07) is 7.72. The second-order valence-electron chi connectivity index (χ2n) is 25.7. The minimum atomic E-state index is -1.70. The summed E-state index contributed by atoms with van der Waals surface area (Å²) in [4.78, 5) is 192. The maximum atomic E-state index is 14.9. The van der Waals surface area contributed by atoms with E-state index < -0.39 is 152 Å². The minimum Gasteiger partial charge on any atom is -0.481 e. The number of primary amides is 1. The van der Waals surface area contributed by atoms with Crippen LogP contribution in [0.5, 0.6) is 0 Å². The summed E-state index contributed by atoms with van der Waals surface area (Å²) < 4.78 is 0. The van der Waals surface area contributed by atoms with Crippen molar-refractivity contribution in [3.63, 3.8) is 0 Å². The molecule has 552 valence electrons. The number of fused-ring (bicyclic) bond motifs is 4. The molecule has 3 heterocycles. The van der Waals surface area contributed by atoms with Gasteiger partial charge in [-0.1, -0.05) is 68.3 Å². The van der Waals surface area contributed by atoms with Crippen molar-refractivity contribution in [3.8, 4) is 0 Å². The summed E-state index contributed by atoms with van der Waals surface area (Å²) in [5.41, 5.74) is 8.58. The highest BCUT2D eigenvalue weighted by atomic mass is 32.2. The molecule has 2 aromatic carbocycles. The molecule has 2 fully saturated rings. The first-order valence-corrected chi connectivity index (χ1v) is 37.3. The number of nitrogens with two attached hydrogens (primary N) is 1. The van der Waals surface area contributed by atoms with E-state index in [1.807, 2.05) is 25.1 Å². The van der Waals surface area contributed by atoms with Crippen LogP contribution < -0.4 is 21.7 Å². The van der Waals surface area contributed by atoms with Crippen molar-refractivity contribution in [3.05, 3.63) is 70.8 Å². The quantitative estimate of drug-likeness (QED) is 0.0442. The van der Waals surface area contributed by atoms with E-state index in [0.717, 1.165) is 39.3 Å². The van der Waals surface area contributed by atoms with Gasteiger partial charge in [-0.3, -0.25) is 81.8 Å². The van der Waals surface area contributed by atoms with E-state index in [-0.39, 0.29) is 125 Å². The molecule has 11 N–H and O–H groups in total. The van der Waals surface area contributed by atoms with Crippen molar-refractivity contribution >= 4 is 118 Å². The molecular weight excluding hydrogens is 1360 g/mol. The van der Waals surface area contributed by atoms with Crippen molar-refractivity contribution < 1.29 is 97.8 Å². The van der Waals surface area contributed by atoms with Gasteiger partial charge in [-0.2, -0.15) is 35.3 Å².